The third-order valence-electron chi connectivity index (χ3n) is 13.9. The highest BCUT2D eigenvalue weighted by Gasteiger charge is 2.63. The normalized spacial score (nSPS) is 50.0. The van der Waals surface area contributed by atoms with Crippen molar-refractivity contribution in [2.45, 2.75) is 72.6 Å². The lowest BCUT2D eigenvalue weighted by Crippen LogP contribution is -2.33. The van der Waals surface area contributed by atoms with E-state index in [9.17, 15) is 0 Å². The molecule has 0 aromatic heterocycles. The molecule has 5 saturated carbocycles. The van der Waals surface area contributed by atoms with E-state index in [1.54, 1.807) is 0 Å². The van der Waals surface area contributed by atoms with Crippen LogP contribution in [-0.4, -0.2) is 0 Å². The lowest BCUT2D eigenvalue weighted by Gasteiger charge is -2.37. The van der Waals surface area contributed by atoms with Crippen LogP contribution in [0.25, 0.3) is 0 Å². The van der Waals surface area contributed by atoms with Gasteiger partial charge < -0.3 is 0 Å². The van der Waals surface area contributed by atoms with Gasteiger partial charge >= 0.3 is 0 Å². The molecule has 5 fully saturated rings. The van der Waals surface area contributed by atoms with Gasteiger partial charge in [0.2, 0.25) is 0 Å². The summed E-state index contributed by atoms with van der Waals surface area (Å²) in [6, 6.07) is 0. The minimum absolute atomic E-state index is 0.662. The van der Waals surface area contributed by atoms with Crippen LogP contribution in [0.5, 0.6) is 0 Å². The summed E-state index contributed by atoms with van der Waals surface area (Å²) in [5, 5.41) is 0. The molecule has 0 aromatic rings. The monoisotopic (exact) mass is 574 g/mol. The molecule has 0 saturated heterocycles. The predicted molar refractivity (Wildman–Crippen MR) is 184 cm³/mol. The smallest absolute Gasteiger partial charge is 0.0133 e. The van der Waals surface area contributed by atoms with Gasteiger partial charge in [-0.1, -0.05) is 97.2 Å². The maximum atomic E-state index is 2.79. The van der Waals surface area contributed by atoms with Crippen LogP contribution in [0.2, 0.25) is 0 Å². The highest BCUT2D eigenvalue weighted by molar-refractivity contribution is 5.24. The van der Waals surface area contributed by atoms with E-state index in [4.69, 9.17) is 0 Å². The number of allylic oxidation sites excluding steroid dienone is 16. The summed E-state index contributed by atoms with van der Waals surface area (Å²) in [6.45, 7) is 8.83. The summed E-state index contributed by atoms with van der Waals surface area (Å²) in [5.74, 6) is 13.0. The van der Waals surface area contributed by atoms with Crippen molar-refractivity contribution in [1.82, 2.24) is 0 Å². The second-order valence-electron chi connectivity index (χ2n) is 15.6. The molecule has 2 bridgehead atoms. The first-order valence-corrected chi connectivity index (χ1v) is 18.4. The zero-order chi connectivity index (χ0) is 29.5. The SMILES string of the molecule is C/C=C/CC1C(/C=C/C)CC(/C=C/C2CC(/C=C/C3CC(/C=C/C)C4CC=CC34)C3C4CC(C5CC=CC54)C23)C1/C=C/C. The Morgan fingerprint density at radius 2 is 1.09 bits per heavy atom. The van der Waals surface area contributed by atoms with E-state index in [1.807, 2.05) is 0 Å². The van der Waals surface area contributed by atoms with E-state index in [0.29, 0.717) is 17.8 Å². The maximum absolute atomic E-state index is 2.79. The second kappa shape index (κ2) is 12.7. The molecule has 0 heterocycles. The second-order valence-corrected chi connectivity index (χ2v) is 15.6. The van der Waals surface area contributed by atoms with E-state index in [1.165, 1.54) is 44.9 Å². The van der Waals surface area contributed by atoms with Gasteiger partial charge in [0.05, 0.1) is 0 Å². The summed E-state index contributed by atoms with van der Waals surface area (Å²) >= 11 is 0. The van der Waals surface area contributed by atoms with Crippen LogP contribution in [0.1, 0.15) is 72.6 Å². The molecular weight excluding hydrogens is 516 g/mol. The van der Waals surface area contributed by atoms with Crippen molar-refractivity contribution in [3.63, 3.8) is 0 Å². The maximum Gasteiger partial charge on any atom is -0.0133 e. The van der Waals surface area contributed by atoms with Gasteiger partial charge in [-0.3, -0.25) is 0 Å². The van der Waals surface area contributed by atoms with Gasteiger partial charge in [-0.25, -0.2) is 0 Å². The Bertz CT molecular complexity index is 1220. The first-order chi connectivity index (χ1) is 21.2. The van der Waals surface area contributed by atoms with E-state index < -0.39 is 0 Å². The number of hydrogen-bond acceptors (Lipinski definition) is 0. The third kappa shape index (κ3) is 5.21. The highest BCUT2D eigenvalue weighted by atomic mass is 14.7. The highest BCUT2D eigenvalue weighted by Crippen LogP contribution is 2.69. The van der Waals surface area contributed by atoms with Gasteiger partial charge in [0.15, 0.2) is 0 Å². The number of hydrogen-bond donors (Lipinski definition) is 0. The van der Waals surface area contributed by atoms with E-state index in [2.05, 4.69) is 125 Å². The van der Waals surface area contributed by atoms with Crippen LogP contribution in [-0.2, 0) is 0 Å². The van der Waals surface area contributed by atoms with E-state index in [-0.39, 0.29) is 0 Å². The summed E-state index contributed by atoms with van der Waals surface area (Å²) in [5.41, 5.74) is 0. The Kier molecular flexibility index (Phi) is 8.77. The van der Waals surface area contributed by atoms with Crippen LogP contribution < -0.4 is 0 Å². The quantitative estimate of drug-likeness (QED) is 0.240. The van der Waals surface area contributed by atoms with Crippen molar-refractivity contribution in [2.75, 3.05) is 0 Å². The molecule has 0 nitrogen and oxygen atoms in total. The van der Waals surface area contributed by atoms with Crippen LogP contribution in [0.15, 0.2) is 97.2 Å². The summed E-state index contributed by atoms with van der Waals surface area (Å²) in [4.78, 5) is 0. The molecule has 0 spiro atoms. The molecule has 0 N–H and O–H groups in total. The van der Waals surface area contributed by atoms with Gasteiger partial charge in [-0.15, -0.1) is 0 Å². The molecule has 0 amide bonds. The Morgan fingerprint density at radius 3 is 1.84 bits per heavy atom. The van der Waals surface area contributed by atoms with Crippen molar-refractivity contribution < 1.29 is 0 Å². The lowest BCUT2D eigenvalue weighted by molar-refractivity contribution is 0.127. The van der Waals surface area contributed by atoms with Crippen molar-refractivity contribution >= 4 is 0 Å². The fraction of sp³-hybridized carbons (Fsp3) is 0.628. The predicted octanol–water partition coefficient (Wildman–Crippen LogP) is 11.2. The summed E-state index contributed by atoms with van der Waals surface area (Å²) < 4.78 is 0. The molecule has 7 aliphatic rings. The molecule has 230 valence electrons. The zero-order valence-electron chi connectivity index (χ0n) is 27.4. The number of rotatable bonds is 9. The summed E-state index contributed by atoms with van der Waals surface area (Å²) in [7, 11) is 0. The molecule has 16 atom stereocenters. The minimum atomic E-state index is 0.662. The van der Waals surface area contributed by atoms with Gasteiger partial charge in [0, 0.05) is 0 Å². The standard InChI is InChI=1S/C43H58/c1-5-9-15-35-28(12-6-2)24-30(34(35)14-8-4)20-22-32-26-33(43-41-27-40(42(32)43)38-18-11-19-39(38)41)23-21-31-25-29(13-7-3)36-16-10-17-37(31)36/h5-14,17,19-23,28-43H,15-16,18,24-27H2,1-4H3/b9-5+,12-6+,13-7+,14-8+,22-20+,23-21+. The fourth-order valence-corrected chi connectivity index (χ4v) is 12.5. The average molecular weight is 575 g/mol. The molecule has 0 aliphatic heterocycles. The number of fused-ring (bicyclic) bond motifs is 9. The van der Waals surface area contributed by atoms with Gasteiger partial charge in [0.25, 0.3) is 0 Å². The first kappa shape index (κ1) is 29.6. The topological polar surface area (TPSA) is 0 Å². The molecule has 0 aromatic carbocycles. The molecular formula is C43H58. The van der Waals surface area contributed by atoms with Crippen molar-refractivity contribution in [1.29, 1.82) is 0 Å². The van der Waals surface area contributed by atoms with Crippen LogP contribution >= 0.6 is 0 Å². The third-order valence-corrected chi connectivity index (χ3v) is 13.9. The molecule has 7 rings (SSSR count). The van der Waals surface area contributed by atoms with Crippen LogP contribution in [0.3, 0.4) is 0 Å². The largest absolute Gasteiger partial charge is 0.0917 e. The zero-order valence-corrected chi connectivity index (χ0v) is 27.4. The molecule has 16 unspecified atom stereocenters. The Labute approximate surface area is 264 Å². The van der Waals surface area contributed by atoms with Crippen molar-refractivity contribution in [2.24, 2.45) is 94.7 Å². The van der Waals surface area contributed by atoms with Crippen LogP contribution in [0.4, 0.5) is 0 Å². The Balaban J connectivity index is 1.13. The molecule has 7 aliphatic carbocycles. The summed E-state index contributed by atoms with van der Waals surface area (Å²) in [6.07, 6.45) is 50.0. The molecule has 43 heavy (non-hydrogen) atoms. The lowest BCUT2D eigenvalue weighted by atomic mass is 9.67. The fourth-order valence-electron chi connectivity index (χ4n) is 12.5. The molecule has 0 radical (unpaired) electrons. The van der Waals surface area contributed by atoms with Gasteiger partial charge in [0.1, 0.15) is 0 Å². The van der Waals surface area contributed by atoms with Crippen molar-refractivity contribution in [3.05, 3.63) is 97.2 Å². The van der Waals surface area contributed by atoms with E-state index >= 15 is 0 Å². The van der Waals surface area contributed by atoms with Gasteiger partial charge in [-0.05, 0) is 167 Å². The van der Waals surface area contributed by atoms with Crippen molar-refractivity contribution in [3.8, 4) is 0 Å². The molecule has 0 heteroatoms. The van der Waals surface area contributed by atoms with Crippen LogP contribution in [0, 0.1) is 94.7 Å². The van der Waals surface area contributed by atoms with E-state index in [0.717, 1.165) is 76.9 Å². The Hall–Kier alpha value is -2.08. The van der Waals surface area contributed by atoms with Gasteiger partial charge in [-0.2, -0.15) is 0 Å². The first-order valence-electron chi connectivity index (χ1n) is 18.4. The average Bonchev–Trinajstić information content (AvgIpc) is 3.84. The minimum Gasteiger partial charge on any atom is -0.0917 e. The Morgan fingerprint density at radius 1 is 0.488 bits per heavy atom.